The molecule has 1 N–H and O–H groups in total. The molecule has 0 aliphatic rings. The Morgan fingerprint density at radius 3 is 2.76 bits per heavy atom. The minimum Gasteiger partial charge on any atom is -0.488 e. The van der Waals surface area contributed by atoms with Crippen LogP contribution in [0, 0.1) is 17.1 Å². The second kappa shape index (κ2) is 6.37. The SMILES string of the molecule is N#Cc1ccc(F)c(COc2ccc(Br)cc2C(=O)O)c1. The van der Waals surface area contributed by atoms with E-state index in [2.05, 4.69) is 15.9 Å². The van der Waals surface area contributed by atoms with Gasteiger partial charge in [-0.3, -0.25) is 0 Å². The Kier molecular flexibility index (Phi) is 4.55. The summed E-state index contributed by atoms with van der Waals surface area (Å²) in [5, 5.41) is 17.9. The Hall–Kier alpha value is -2.39. The zero-order valence-electron chi connectivity index (χ0n) is 10.6. The van der Waals surface area contributed by atoms with Crippen LogP contribution in [0.5, 0.6) is 5.75 Å². The largest absolute Gasteiger partial charge is 0.488 e. The van der Waals surface area contributed by atoms with Crippen LogP contribution in [0.4, 0.5) is 4.39 Å². The second-order valence-corrected chi connectivity index (χ2v) is 5.07. The second-order valence-electron chi connectivity index (χ2n) is 4.15. The molecule has 0 aromatic heterocycles. The van der Waals surface area contributed by atoms with Gasteiger partial charge in [-0.2, -0.15) is 5.26 Å². The van der Waals surface area contributed by atoms with Crippen LogP contribution in [-0.4, -0.2) is 11.1 Å². The third kappa shape index (κ3) is 3.58. The molecule has 6 heteroatoms. The number of carboxylic acids is 1. The van der Waals surface area contributed by atoms with E-state index in [9.17, 15) is 9.18 Å². The first-order valence-corrected chi connectivity index (χ1v) is 6.64. The van der Waals surface area contributed by atoms with Crippen molar-refractivity contribution >= 4 is 21.9 Å². The molecule has 0 unspecified atom stereocenters. The maximum atomic E-state index is 13.6. The molecule has 0 aliphatic heterocycles. The van der Waals surface area contributed by atoms with Gasteiger partial charge in [0.25, 0.3) is 0 Å². The number of hydrogen-bond donors (Lipinski definition) is 1. The molecule has 21 heavy (non-hydrogen) atoms. The van der Waals surface area contributed by atoms with E-state index in [4.69, 9.17) is 15.1 Å². The van der Waals surface area contributed by atoms with Crippen molar-refractivity contribution in [2.24, 2.45) is 0 Å². The summed E-state index contributed by atoms with van der Waals surface area (Å²) in [7, 11) is 0. The number of aromatic carboxylic acids is 1. The van der Waals surface area contributed by atoms with Crippen LogP contribution in [0.2, 0.25) is 0 Å². The van der Waals surface area contributed by atoms with Crippen molar-refractivity contribution in [1.82, 2.24) is 0 Å². The van der Waals surface area contributed by atoms with Crippen LogP contribution in [0.1, 0.15) is 21.5 Å². The van der Waals surface area contributed by atoms with Crippen LogP contribution in [-0.2, 0) is 6.61 Å². The highest BCUT2D eigenvalue weighted by atomic mass is 79.9. The highest BCUT2D eigenvalue weighted by Crippen LogP contribution is 2.24. The maximum Gasteiger partial charge on any atom is 0.339 e. The van der Waals surface area contributed by atoms with E-state index in [1.165, 1.54) is 30.3 Å². The van der Waals surface area contributed by atoms with Crippen molar-refractivity contribution < 1.29 is 19.0 Å². The van der Waals surface area contributed by atoms with Crippen molar-refractivity contribution in [3.63, 3.8) is 0 Å². The number of carboxylic acid groups (broad SMARTS) is 1. The summed E-state index contributed by atoms with van der Waals surface area (Å²) in [6.07, 6.45) is 0. The number of rotatable bonds is 4. The number of ether oxygens (including phenoxy) is 1. The minimum absolute atomic E-state index is 0.0266. The summed E-state index contributed by atoms with van der Waals surface area (Å²) in [5.41, 5.74) is 0.471. The Balaban J connectivity index is 2.25. The summed E-state index contributed by atoms with van der Waals surface area (Å²) in [5.74, 6) is -1.52. The number of nitrogens with zero attached hydrogens (tertiary/aromatic N) is 1. The normalized spacial score (nSPS) is 9.95. The van der Waals surface area contributed by atoms with Crippen LogP contribution in [0.15, 0.2) is 40.9 Å². The van der Waals surface area contributed by atoms with Crippen molar-refractivity contribution in [3.8, 4) is 11.8 Å². The van der Waals surface area contributed by atoms with Crippen LogP contribution < -0.4 is 4.74 Å². The van der Waals surface area contributed by atoms with Gasteiger partial charge in [0.2, 0.25) is 0 Å². The molecule has 4 nitrogen and oxygen atoms in total. The van der Waals surface area contributed by atoms with Crippen molar-refractivity contribution in [2.75, 3.05) is 0 Å². The number of carbonyl (C=O) groups is 1. The topological polar surface area (TPSA) is 70.3 Å². The molecule has 2 aromatic carbocycles. The number of benzene rings is 2. The lowest BCUT2D eigenvalue weighted by molar-refractivity contribution is 0.0691. The molecule has 0 saturated carbocycles. The molecule has 0 saturated heterocycles. The summed E-state index contributed by atoms with van der Waals surface area (Å²) >= 11 is 3.18. The van der Waals surface area contributed by atoms with Crippen LogP contribution in [0.25, 0.3) is 0 Å². The fourth-order valence-corrected chi connectivity index (χ4v) is 2.07. The minimum atomic E-state index is -1.14. The predicted octanol–water partition coefficient (Wildman–Crippen LogP) is 3.74. The van der Waals surface area contributed by atoms with Gasteiger partial charge in [-0.15, -0.1) is 0 Å². The lowest BCUT2D eigenvalue weighted by Crippen LogP contribution is -2.05. The summed E-state index contributed by atoms with van der Waals surface area (Å²) in [4.78, 5) is 11.1. The van der Waals surface area contributed by atoms with Gasteiger partial charge < -0.3 is 9.84 Å². The fraction of sp³-hybridized carbons (Fsp3) is 0.0667. The molecule has 0 radical (unpaired) electrons. The van der Waals surface area contributed by atoms with Gasteiger partial charge in [0.05, 0.1) is 11.6 Å². The fourth-order valence-electron chi connectivity index (χ4n) is 1.71. The molecule has 0 atom stereocenters. The van der Waals surface area contributed by atoms with Crippen molar-refractivity contribution in [1.29, 1.82) is 5.26 Å². The first kappa shape index (κ1) is 15.0. The number of hydrogen-bond acceptors (Lipinski definition) is 3. The average Bonchev–Trinajstić information content (AvgIpc) is 2.47. The van der Waals surface area contributed by atoms with Gasteiger partial charge in [0.1, 0.15) is 23.7 Å². The summed E-state index contributed by atoms with van der Waals surface area (Å²) < 4.78 is 19.6. The molecule has 0 fully saturated rings. The van der Waals surface area contributed by atoms with Crippen LogP contribution in [0.3, 0.4) is 0 Å². The van der Waals surface area contributed by atoms with E-state index in [1.807, 2.05) is 6.07 Å². The van der Waals surface area contributed by atoms with Gasteiger partial charge in [-0.1, -0.05) is 15.9 Å². The Bertz CT molecular complexity index is 740. The van der Waals surface area contributed by atoms with Gasteiger partial charge in [-0.05, 0) is 36.4 Å². The lowest BCUT2D eigenvalue weighted by atomic mass is 10.1. The zero-order chi connectivity index (χ0) is 15.4. The third-order valence-corrected chi connectivity index (χ3v) is 3.22. The predicted molar refractivity (Wildman–Crippen MR) is 76.5 cm³/mol. The zero-order valence-corrected chi connectivity index (χ0v) is 12.2. The smallest absolute Gasteiger partial charge is 0.339 e. The van der Waals surface area contributed by atoms with E-state index < -0.39 is 11.8 Å². The monoisotopic (exact) mass is 349 g/mol. The van der Waals surface area contributed by atoms with E-state index in [0.29, 0.717) is 10.0 Å². The number of nitriles is 1. The Labute approximate surface area is 128 Å². The highest BCUT2D eigenvalue weighted by Gasteiger charge is 2.13. The lowest BCUT2D eigenvalue weighted by Gasteiger charge is -2.10. The Morgan fingerprint density at radius 1 is 1.33 bits per heavy atom. The third-order valence-electron chi connectivity index (χ3n) is 2.73. The van der Waals surface area contributed by atoms with Gasteiger partial charge in [0, 0.05) is 10.0 Å². The molecule has 2 rings (SSSR count). The molecular weight excluding hydrogens is 341 g/mol. The van der Waals surface area contributed by atoms with Crippen molar-refractivity contribution in [3.05, 3.63) is 63.4 Å². The van der Waals surface area contributed by atoms with Gasteiger partial charge >= 0.3 is 5.97 Å². The summed E-state index contributed by atoms with van der Waals surface area (Å²) in [6.45, 7) is -0.163. The van der Waals surface area contributed by atoms with Gasteiger partial charge in [0.15, 0.2) is 0 Å². The van der Waals surface area contributed by atoms with Crippen LogP contribution >= 0.6 is 15.9 Å². The molecule has 0 heterocycles. The summed E-state index contributed by atoms with van der Waals surface area (Å²) in [6, 6.07) is 10.3. The molecule has 2 aromatic rings. The Morgan fingerprint density at radius 2 is 2.10 bits per heavy atom. The molecule has 0 spiro atoms. The van der Waals surface area contributed by atoms with E-state index in [1.54, 1.807) is 6.07 Å². The molecular formula is C15H9BrFNO3. The molecule has 0 amide bonds. The van der Waals surface area contributed by atoms with E-state index in [-0.39, 0.29) is 23.5 Å². The first-order valence-electron chi connectivity index (χ1n) is 5.85. The molecule has 0 bridgehead atoms. The van der Waals surface area contributed by atoms with Gasteiger partial charge in [-0.25, -0.2) is 9.18 Å². The first-order chi connectivity index (χ1) is 10.0. The maximum absolute atomic E-state index is 13.6. The highest BCUT2D eigenvalue weighted by molar-refractivity contribution is 9.10. The molecule has 0 aliphatic carbocycles. The molecule has 106 valence electrons. The number of halogens is 2. The average molecular weight is 350 g/mol. The quantitative estimate of drug-likeness (QED) is 0.912. The van der Waals surface area contributed by atoms with E-state index in [0.717, 1.165) is 0 Å². The standard InChI is InChI=1S/C15H9BrFNO3/c16-11-2-4-14(12(6-11)15(19)20)21-8-10-5-9(7-18)1-3-13(10)17/h1-6H,8H2,(H,19,20). The van der Waals surface area contributed by atoms with E-state index >= 15 is 0 Å². The van der Waals surface area contributed by atoms with Crippen molar-refractivity contribution in [2.45, 2.75) is 6.61 Å².